The zero-order valence-corrected chi connectivity index (χ0v) is 15.4. The molecule has 148 valence electrons. The van der Waals surface area contributed by atoms with E-state index in [4.69, 9.17) is 10.5 Å². The van der Waals surface area contributed by atoms with Crippen LogP contribution in [-0.2, 0) is 28.3 Å². The van der Waals surface area contributed by atoms with Crippen molar-refractivity contribution in [2.45, 2.75) is 32.1 Å². The number of nitrogens with zero attached hydrogens (tertiary/aromatic N) is 1. The first-order valence-electron chi connectivity index (χ1n) is 9.11. The second kappa shape index (κ2) is 5.48. The van der Waals surface area contributed by atoms with Gasteiger partial charge in [-0.15, -0.1) is 0 Å². The maximum Gasteiger partial charge on any atom is 0.343 e. The van der Waals surface area contributed by atoms with E-state index < -0.39 is 22.6 Å². The number of carbonyl (C=O) groups is 1. The maximum atomic E-state index is 13.1. The molecule has 2 aromatic heterocycles. The number of ether oxygens (including phenoxy) is 1. The summed E-state index contributed by atoms with van der Waals surface area (Å²) in [7, 11) is 0. The van der Waals surface area contributed by atoms with Gasteiger partial charge in [-0.1, -0.05) is 6.92 Å². The van der Waals surface area contributed by atoms with Gasteiger partial charge in [-0.05, 0) is 24.6 Å². The van der Waals surface area contributed by atoms with E-state index in [0.717, 1.165) is 0 Å². The zero-order chi connectivity index (χ0) is 20.7. The summed E-state index contributed by atoms with van der Waals surface area (Å²) in [6.45, 7) is 1.38. The Kier molecular flexibility index (Phi) is 3.31. The monoisotopic (exact) mass is 395 g/mol. The van der Waals surface area contributed by atoms with Crippen molar-refractivity contribution in [2.24, 2.45) is 0 Å². The second-order valence-electron chi connectivity index (χ2n) is 7.34. The highest BCUT2D eigenvalue weighted by molar-refractivity contribution is 5.92. The van der Waals surface area contributed by atoms with Gasteiger partial charge in [-0.25, -0.2) is 4.79 Å². The maximum absolute atomic E-state index is 13.1. The van der Waals surface area contributed by atoms with E-state index in [0.29, 0.717) is 22.5 Å². The summed E-state index contributed by atoms with van der Waals surface area (Å²) in [4.78, 5) is 41.4. The van der Waals surface area contributed by atoms with Gasteiger partial charge in [-0.2, -0.15) is 0 Å². The molecule has 0 fully saturated rings. The number of nitrogen functional groups attached to an aromatic ring is 1. The minimum absolute atomic E-state index is 0.00517. The molecule has 0 radical (unpaired) electrons. The smallest absolute Gasteiger partial charge is 0.343 e. The number of phenols is 1. The third-order valence-electron chi connectivity index (χ3n) is 5.89. The van der Waals surface area contributed by atoms with Gasteiger partial charge in [0.25, 0.3) is 5.56 Å². The molecule has 0 spiro atoms. The van der Waals surface area contributed by atoms with E-state index in [9.17, 15) is 24.6 Å². The molecule has 5 rings (SSSR count). The Balaban J connectivity index is 1.85. The Morgan fingerprint density at radius 3 is 2.76 bits per heavy atom. The van der Waals surface area contributed by atoms with Gasteiger partial charge in [0.1, 0.15) is 6.61 Å². The van der Waals surface area contributed by atoms with E-state index in [-0.39, 0.29) is 47.5 Å². The molecule has 0 saturated carbocycles. The molecular formula is C20H17N3O6. The van der Waals surface area contributed by atoms with Crippen LogP contribution in [0.2, 0.25) is 0 Å². The van der Waals surface area contributed by atoms with Gasteiger partial charge in [0.2, 0.25) is 0 Å². The quantitative estimate of drug-likeness (QED) is 0.210. The molecule has 29 heavy (non-hydrogen) atoms. The lowest BCUT2D eigenvalue weighted by atomic mass is 9.86. The van der Waals surface area contributed by atoms with Crippen LogP contribution in [0.4, 0.5) is 5.69 Å². The summed E-state index contributed by atoms with van der Waals surface area (Å²) >= 11 is 0. The van der Waals surface area contributed by atoms with Crippen molar-refractivity contribution in [2.75, 3.05) is 5.73 Å². The van der Waals surface area contributed by atoms with Gasteiger partial charge >= 0.3 is 5.97 Å². The summed E-state index contributed by atoms with van der Waals surface area (Å²) in [5, 5.41) is 21.2. The summed E-state index contributed by atoms with van der Waals surface area (Å²) < 4.78 is 6.42. The molecule has 0 aliphatic carbocycles. The average molecular weight is 395 g/mol. The fraction of sp³-hybridized carbons (Fsp3) is 0.250. The van der Waals surface area contributed by atoms with Gasteiger partial charge in [0.05, 0.1) is 40.1 Å². The molecule has 0 amide bonds. The lowest BCUT2D eigenvalue weighted by Crippen LogP contribution is -2.44. The lowest BCUT2D eigenvalue weighted by molar-refractivity contribution is -0.172. The van der Waals surface area contributed by atoms with E-state index >= 15 is 0 Å². The highest BCUT2D eigenvalue weighted by Gasteiger charge is 2.45. The standard InChI is InChI=1S/C20H17N3O6/c1-2-20(28)10-5-13-15-8(6-23(13)18(26)9(10)7-29-19(20)27)16(24)14-12(22-15)4-3-11(21)17(14)25/h3-5,25,28H,2,6-7,21H2,1H3,(H,22,24)/t20-/m0/s1. The molecule has 9 heteroatoms. The fourth-order valence-corrected chi connectivity index (χ4v) is 4.21. The van der Waals surface area contributed by atoms with Crippen molar-refractivity contribution in [1.29, 1.82) is 0 Å². The van der Waals surface area contributed by atoms with Crippen LogP contribution in [0.15, 0.2) is 27.8 Å². The second-order valence-corrected chi connectivity index (χ2v) is 7.34. The fourth-order valence-electron chi connectivity index (χ4n) is 4.21. The number of aromatic hydroxyl groups is 1. The number of nitrogens with two attached hydrogens (primary N) is 1. The topological polar surface area (TPSA) is 148 Å². The molecule has 0 unspecified atom stereocenters. The van der Waals surface area contributed by atoms with Gasteiger partial charge in [0, 0.05) is 11.1 Å². The van der Waals surface area contributed by atoms with Gasteiger partial charge < -0.3 is 30.2 Å². The van der Waals surface area contributed by atoms with Crippen molar-refractivity contribution in [3.8, 4) is 17.1 Å². The molecule has 9 nitrogen and oxygen atoms in total. The molecule has 3 aromatic rings. The minimum atomic E-state index is -1.92. The SMILES string of the molecule is CC[C@@]1(O)C(=O)OCc2c1cc1n(c2=O)Cc2c-1[nH]c1ccc(N)c(O)c1c2=O. The normalized spacial score (nSPS) is 19.6. The summed E-state index contributed by atoms with van der Waals surface area (Å²) in [6, 6.07) is 4.61. The van der Waals surface area contributed by atoms with Crippen LogP contribution in [0.3, 0.4) is 0 Å². The molecule has 1 atom stereocenters. The van der Waals surface area contributed by atoms with Crippen molar-refractivity contribution in [3.63, 3.8) is 0 Å². The van der Waals surface area contributed by atoms with Crippen LogP contribution >= 0.6 is 0 Å². The Bertz CT molecular complexity index is 1370. The number of fused-ring (bicyclic) bond motifs is 5. The van der Waals surface area contributed by atoms with Crippen LogP contribution in [-0.4, -0.2) is 25.7 Å². The largest absolute Gasteiger partial charge is 0.505 e. The predicted octanol–water partition coefficient (Wildman–Crippen LogP) is 0.661. The lowest BCUT2D eigenvalue weighted by Gasteiger charge is -2.31. The van der Waals surface area contributed by atoms with Crippen LogP contribution in [0.25, 0.3) is 22.3 Å². The number of aromatic nitrogens is 2. The first-order chi connectivity index (χ1) is 13.8. The van der Waals surface area contributed by atoms with E-state index in [1.165, 1.54) is 10.6 Å². The Morgan fingerprint density at radius 1 is 1.28 bits per heavy atom. The van der Waals surface area contributed by atoms with Gasteiger partial charge in [0.15, 0.2) is 16.8 Å². The third-order valence-corrected chi connectivity index (χ3v) is 5.89. The number of cyclic esters (lactones) is 1. The number of hydrogen-bond acceptors (Lipinski definition) is 7. The first kappa shape index (κ1) is 17.5. The van der Waals surface area contributed by atoms with Crippen LogP contribution in [0.1, 0.15) is 30.0 Å². The predicted molar refractivity (Wildman–Crippen MR) is 103 cm³/mol. The Morgan fingerprint density at radius 2 is 2.03 bits per heavy atom. The van der Waals surface area contributed by atoms with Crippen molar-refractivity contribution < 1.29 is 19.7 Å². The number of rotatable bonds is 1. The van der Waals surface area contributed by atoms with E-state index in [1.54, 1.807) is 19.1 Å². The summed E-state index contributed by atoms with van der Waals surface area (Å²) in [5.41, 5.74) is 4.85. The molecule has 0 bridgehead atoms. The number of nitrogens with one attached hydrogen (secondary N) is 1. The molecule has 2 aliphatic heterocycles. The molecule has 1 aromatic carbocycles. The van der Waals surface area contributed by atoms with Crippen molar-refractivity contribution >= 4 is 22.6 Å². The van der Waals surface area contributed by atoms with Crippen LogP contribution < -0.4 is 16.7 Å². The summed E-state index contributed by atoms with van der Waals surface area (Å²) in [5.74, 6) is -1.11. The zero-order valence-electron chi connectivity index (χ0n) is 15.4. The van der Waals surface area contributed by atoms with E-state index in [1.807, 2.05) is 0 Å². The van der Waals surface area contributed by atoms with Crippen LogP contribution in [0, 0.1) is 0 Å². The number of aliphatic hydroxyl groups is 1. The molecule has 4 heterocycles. The number of benzene rings is 1. The third kappa shape index (κ3) is 2.05. The number of phenolic OH excluding ortho intramolecular Hbond substituents is 1. The number of anilines is 1. The number of H-pyrrole nitrogens is 1. The average Bonchev–Trinajstić information content (AvgIpc) is 3.08. The number of hydrogen-bond donors (Lipinski definition) is 4. The van der Waals surface area contributed by atoms with E-state index in [2.05, 4.69) is 4.98 Å². The molecule has 5 N–H and O–H groups in total. The summed E-state index contributed by atoms with van der Waals surface area (Å²) in [6.07, 6.45) is 0.0377. The van der Waals surface area contributed by atoms with Crippen molar-refractivity contribution in [3.05, 3.63) is 55.5 Å². The molecule has 2 aliphatic rings. The number of carbonyl (C=O) groups excluding carboxylic acids is 1. The molecule has 0 saturated heterocycles. The number of pyridine rings is 2. The Hall–Kier alpha value is -3.59. The Labute approximate surface area is 163 Å². The number of esters is 1. The highest BCUT2D eigenvalue weighted by atomic mass is 16.6. The van der Waals surface area contributed by atoms with Crippen LogP contribution in [0.5, 0.6) is 5.75 Å². The minimum Gasteiger partial charge on any atom is -0.505 e. The van der Waals surface area contributed by atoms with Gasteiger partial charge in [-0.3, -0.25) is 9.59 Å². The molecular weight excluding hydrogens is 378 g/mol. The van der Waals surface area contributed by atoms with Crippen molar-refractivity contribution in [1.82, 2.24) is 9.55 Å². The first-order valence-corrected chi connectivity index (χ1v) is 9.11. The number of aromatic amines is 1. The highest BCUT2D eigenvalue weighted by Crippen LogP contribution is 2.38.